The molecule has 27 heavy (non-hydrogen) atoms. The first kappa shape index (κ1) is 13.3. The highest BCUT2D eigenvalue weighted by atomic mass is 16.2. The molecule has 0 bridgehead atoms. The van der Waals surface area contributed by atoms with Gasteiger partial charge in [-0.15, -0.1) is 10.2 Å². The molecule has 7 heteroatoms. The second-order valence-corrected chi connectivity index (χ2v) is 6.59. The van der Waals surface area contributed by atoms with Crippen molar-refractivity contribution in [3.8, 4) is 11.1 Å². The number of nitrogens with zero attached hydrogens (tertiary/aromatic N) is 5. The number of hydrogen-bond donors (Lipinski definition) is 1. The van der Waals surface area contributed by atoms with Gasteiger partial charge in [0, 0.05) is 49.5 Å². The van der Waals surface area contributed by atoms with Crippen molar-refractivity contribution in [3.05, 3.63) is 48.7 Å². The molecule has 1 aliphatic rings. The molecule has 4 rings (SSSR count). The van der Waals surface area contributed by atoms with Crippen LogP contribution in [0.2, 0.25) is 0 Å². The summed E-state index contributed by atoms with van der Waals surface area (Å²) in [4.78, 5) is 20.5. The summed E-state index contributed by atoms with van der Waals surface area (Å²) in [5.41, 5.74) is 1.29. The first-order valence-corrected chi connectivity index (χ1v) is 8.75. The Morgan fingerprint density at radius 3 is 2.89 bits per heavy atom. The van der Waals surface area contributed by atoms with E-state index in [0.29, 0.717) is 22.3 Å². The highest BCUT2D eigenvalue weighted by Crippen LogP contribution is 2.23. The van der Waals surface area contributed by atoms with E-state index in [-0.39, 0.29) is 36.3 Å². The molecule has 0 atom stereocenters. The first-order chi connectivity index (χ1) is 14.8. The van der Waals surface area contributed by atoms with E-state index in [0.717, 1.165) is 26.2 Å². The number of carbonyl (C=O) groups is 1. The topological polar surface area (TPSA) is 74.2 Å². The SMILES string of the molecule is [2H]c1nc([2H])c(-c2ccc3nnc(NC(=O)CN4CCN(C)CC4)cc3c2)c([2H])c1[2H]. The van der Waals surface area contributed by atoms with Crippen LogP contribution in [0.1, 0.15) is 5.48 Å². The molecule has 1 saturated heterocycles. The third kappa shape index (κ3) is 4.27. The maximum atomic E-state index is 12.4. The van der Waals surface area contributed by atoms with Crippen LogP contribution in [0.25, 0.3) is 22.0 Å². The van der Waals surface area contributed by atoms with Crippen molar-refractivity contribution in [1.29, 1.82) is 0 Å². The van der Waals surface area contributed by atoms with Gasteiger partial charge in [0.25, 0.3) is 0 Å². The van der Waals surface area contributed by atoms with Gasteiger partial charge in [-0.2, -0.15) is 0 Å². The number of hydrogen-bond acceptors (Lipinski definition) is 6. The molecule has 1 fully saturated rings. The number of piperazine rings is 1. The second kappa shape index (κ2) is 7.77. The maximum absolute atomic E-state index is 12.4. The Kier molecular flexibility index (Phi) is 3.83. The maximum Gasteiger partial charge on any atom is 0.239 e. The monoisotopic (exact) mass is 366 g/mol. The number of likely N-dealkylation sites (N-methyl/N-ethyl adjacent to an activating group) is 1. The van der Waals surface area contributed by atoms with Crippen molar-refractivity contribution in [3.63, 3.8) is 0 Å². The lowest BCUT2D eigenvalue weighted by Gasteiger charge is -2.31. The number of benzene rings is 1. The molecule has 138 valence electrons. The average Bonchev–Trinajstić information content (AvgIpc) is 2.73. The Morgan fingerprint density at radius 2 is 2.04 bits per heavy atom. The molecule has 1 N–H and O–H groups in total. The normalized spacial score (nSPS) is 17.8. The van der Waals surface area contributed by atoms with Crippen LogP contribution in [0.15, 0.2) is 48.7 Å². The van der Waals surface area contributed by atoms with Crippen LogP contribution in [0.5, 0.6) is 0 Å². The second-order valence-electron chi connectivity index (χ2n) is 6.59. The zero-order valence-electron chi connectivity index (χ0n) is 19.0. The van der Waals surface area contributed by atoms with Crippen molar-refractivity contribution in [2.24, 2.45) is 0 Å². The molecule has 3 heterocycles. The zero-order valence-corrected chi connectivity index (χ0v) is 15.0. The lowest BCUT2D eigenvalue weighted by Crippen LogP contribution is -2.47. The highest BCUT2D eigenvalue weighted by molar-refractivity contribution is 5.93. The summed E-state index contributed by atoms with van der Waals surface area (Å²) in [7, 11) is 2.06. The minimum Gasteiger partial charge on any atom is -0.308 e. The predicted octanol–water partition coefficient (Wildman–Crippen LogP) is 1.88. The summed E-state index contributed by atoms with van der Waals surface area (Å²) in [5.74, 6) is 0.159. The van der Waals surface area contributed by atoms with Crippen LogP contribution in [0.4, 0.5) is 5.82 Å². The molecule has 0 unspecified atom stereocenters. The van der Waals surface area contributed by atoms with Gasteiger partial charge in [-0.25, -0.2) is 0 Å². The van der Waals surface area contributed by atoms with E-state index >= 15 is 0 Å². The van der Waals surface area contributed by atoms with Crippen LogP contribution < -0.4 is 5.32 Å². The fraction of sp³-hybridized carbons (Fsp3) is 0.300. The summed E-state index contributed by atoms with van der Waals surface area (Å²) in [6.07, 6.45) is -0.621. The van der Waals surface area contributed by atoms with Crippen LogP contribution >= 0.6 is 0 Å². The fourth-order valence-electron chi connectivity index (χ4n) is 3.02. The predicted molar refractivity (Wildman–Crippen MR) is 105 cm³/mol. The van der Waals surface area contributed by atoms with Gasteiger partial charge in [0.1, 0.15) is 0 Å². The smallest absolute Gasteiger partial charge is 0.239 e. The van der Waals surface area contributed by atoms with E-state index in [2.05, 4.69) is 37.3 Å². The van der Waals surface area contributed by atoms with Crippen LogP contribution in [0.3, 0.4) is 0 Å². The van der Waals surface area contributed by atoms with Gasteiger partial charge >= 0.3 is 0 Å². The Balaban J connectivity index is 1.57. The molecular weight excluding hydrogens is 340 g/mol. The van der Waals surface area contributed by atoms with Gasteiger partial charge in [-0.05, 0) is 36.9 Å². The Bertz CT molecular complexity index is 1150. The number of nitrogens with one attached hydrogen (secondary N) is 1. The van der Waals surface area contributed by atoms with E-state index in [9.17, 15) is 4.79 Å². The van der Waals surface area contributed by atoms with Gasteiger partial charge in [-0.3, -0.25) is 14.7 Å². The Labute approximate surface area is 163 Å². The number of aromatic nitrogens is 3. The van der Waals surface area contributed by atoms with E-state index in [1.165, 1.54) is 0 Å². The van der Waals surface area contributed by atoms with Gasteiger partial charge in [0.05, 0.1) is 17.5 Å². The quantitative estimate of drug-likeness (QED) is 0.760. The fourth-order valence-corrected chi connectivity index (χ4v) is 3.02. The first-order valence-electron chi connectivity index (χ1n) is 10.7. The third-order valence-corrected chi connectivity index (χ3v) is 4.57. The summed E-state index contributed by atoms with van der Waals surface area (Å²) in [6.45, 7) is 3.82. The Morgan fingerprint density at radius 1 is 1.19 bits per heavy atom. The number of amides is 1. The van der Waals surface area contributed by atoms with Gasteiger partial charge in [-0.1, -0.05) is 12.1 Å². The van der Waals surface area contributed by atoms with Gasteiger partial charge < -0.3 is 10.2 Å². The molecule has 1 aromatic carbocycles. The van der Waals surface area contributed by atoms with Crippen LogP contribution in [0, 0.1) is 0 Å². The van der Waals surface area contributed by atoms with Gasteiger partial charge in [0.2, 0.25) is 5.91 Å². The molecule has 0 spiro atoms. The molecule has 2 aromatic heterocycles. The van der Waals surface area contributed by atoms with Crippen LogP contribution in [-0.4, -0.2) is 70.7 Å². The lowest BCUT2D eigenvalue weighted by molar-refractivity contribution is -0.117. The summed E-state index contributed by atoms with van der Waals surface area (Å²) < 4.78 is 31.6. The molecule has 1 amide bonds. The average molecular weight is 366 g/mol. The van der Waals surface area contributed by atoms with E-state index < -0.39 is 6.17 Å². The zero-order chi connectivity index (χ0) is 22.1. The van der Waals surface area contributed by atoms with Gasteiger partial charge in [0.15, 0.2) is 5.82 Å². The van der Waals surface area contributed by atoms with E-state index in [1.54, 1.807) is 24.3 Å². The standard InChI is InChI=1S/C20H22N6O/c1-25-7-9-26(10-8-25)14-20(27)22-19-12-17-11-15(4-5-18(17)23-24-19)16-3-2-6-21-13-16/h2-6,11-13H,7-10,14H2,1H3,(H,22,24,27)/i2D,3D,6D,13D. The molecule has 3 aromatic rings. The molecular formula is C20H22N6O. The molecule has 1 aliphatic heterocycles. The van der Waals surface area contributed by atoms with Crippen molar-refractivity contribution >= 4 is 22.6 Å². The summed E-state index contributed by atoms with van der Waals surface area (Å²) >= 11 is 0. The number of fused-ring (bicyclic) bond motifs is 1. The number of pyridine rings is 1. The van der Waals surface area contributed by atoms with Crippen molar-refractivity contribution in [1.82, 2.24) is 25.0 Å². The third-order valence-electron chi connectivity index (χ3n) is 4.57. The largest absolute Gasteiger partial charge is 0.308 e. The number of anilines is 1. The van der Waals surface area contributed by atoms with Crippen molar-refractivity contribution in [2.45, 2.75) is 0 Å². The lowest BCUT2D eigenvalue weighted by atomic mass is 10.1. The van der Waals surface area contributed by atoms with E-state index in [1.807, 2.05) is 0 Å². The summed E-state index contributed by atoms with van der Waals surface area (Å²) in [5, 5.41) is 11.7. The minimum atomic E-state index is -0.393. The van der Waals surface area contributed by atoms with Crippen LogP contribution in [-0.2, 0) is 4.79 Å². The molecule has 0 radical (unpaired) electrons. The Hall–Kier alpha value is -2.90. The highest BCUT2D eigenvalue weighted by Gasteiger charge is 2.17. The minimum absolute atomic E-state index is 0.162. The van der Waals surface area contributed by atoms with Crippen molar-refractivity contribution in [2.75, 3.05) is 45.1 Å². The molecule has 0 aliphatic carbocycles. The number of rotatable bonds is 4. The molecule has 0 saturated carbocycles. The summed E-state index contributed by atoms with van der Waals surface area (Å²) in [6, 6.07) is 6.25. The van der Waals surface area contributed by atoms with E-state index in [4.69, 9.17) is 5.48 Å². The number of carbonyl (C=O) groups excluding carboxylic acids is 1. The van der Waals surface area contributed by atoms with Crippen molar-refractivity contribution < 1.29 is 10.3 Å². The molecule has 7 nitrogen and oxygen atoms in total.